The Hall–Kier alpha value is -2.67. The minimum absolute atomic E-state index is 0.0923. The zero-order valence-electron chi connectivity index (χ0n) is 15.0. The molecule has 0 aliphatic heterocycles. The highest BCUT2D eigenvalue weighted by Gasteiger charge is 2.12. The number of rotatable bonds is 6. The van der Waals surface area contributed by atoms with Gasteiger partial charge in [0.2, 0.25) is 11.1 Å². The Bertz CT molecular complexity index is 889. The van der Waals surface area contributed by atoms with E-state index in [1.165, 1.54) is 17.3 Å². The van der Waals surface area contributed by atoms with Crippen molar-refractivity contribution in [2.24, 2.45) is 0 Å². The molecule has 26 heavy (non-hydrogen) atoms. The van der Waals surface area contributed by atoms with Crippen LogP contribution >= 0.6 is 11.8 Å². The molecule has 1 heterocycles. The first-order valence-electron chi connectivity index (χ1n) is 8.41. The highest BCUT2D eigenvalue weighted by Crippen LogP contribution is 2.21. The van der Waals surface area contributed by atoms with Crippen LogP contribution in [0.5, 0.6) is 0 Å². The van der Waals surface area contributed by atoms with Gasteiger partial charge in [0.15, 0.2) is 0 Å². The molecule has 0 saturated heterocycles. The first-order valence-corrected chi connectivity index (χ1v) is 9.39. The topological polar surface area (TPSA) is 72.7 Å². The third kappa shape index (κ3) is 4.49. The lowest BCUT2D eigenvalue weighted by molar-refractivity contribution is -0.113. The van der Waals surface area contributed by atoms with Crippen molar-refractivity contribution in [1.82, 2.24) is 20.2 Å². The quantitative estimate of drug-likeness (QED) is 0.671. The summed E-state index contributed by atoms with van der Waals surface area (Å²) in [6.45, 7) is 6.30. The van der Waals surface area contributed by atoms with Crippen molar-refractivity contribution < 1.29 is 4.79 Å². The van der Waals surface area contributed by atoms with Crippen molar-refractivity contribution in [2.75, 3.05) is 11.1 Å². The molecule has 2 aromatic carbocycles. The predicted octanol–water partition coefficient (Wildman–Crippen LogP) is 3.82. The van der Waals surface area contributed by atoms with Gasteiger partial charge in [-0.1, -0.05) is 49.9 Å². The summed E-state index contributed by atoms with van der Waals surface area (Å²) < 4.78 is 1.65. The first-order chi connectivity index (χ1) is 12.5. The van der Waals surface area contributed by atoms with Crippen molar-refractivity contribution in [3.63, 3.8) is 0 Å². The molecule has 0 unspecified atom stereocenters. The van der Waals surface area contributed by atoms with Crippen LogP contribution in [0.15, 0.2) is 53.7 Å². The van der Waals surface area contributed by atoms with E-state index in [4.69, 9.17) is 0 Å². The normalized spacial score (nSPS) is 10.9. The second-order valence-electron chi connectivity index (χ2n) is 6.33. The van der Waals surface area contributed by atoms with E-state index in [9.17, 15) is 4.79 Å². The van der Waals surface area contributed by atoms with Crippen molar-refractivity contribution in [2.45, 2.75) is 31.8 Å². The van der Waals surface area contributed by atoms with E-state index in [1.807, 2.05) is 43.3 Å². The van der Waals surface area contributed by atoms with Crippen LogP contribution < -0.4 is 5.32 Å². The molecule has 3 aromatic rings. The lowest BCUT2D eigenvalue weighted by Crippen LogP contribution is -2.14. The summed E-state index contributed by atoms with van der Waals surface area (Å²) in [4.78, 5) is 12.2. The monoisotopic (exact) mass is 367 g/mol. The maximum absolute atomic E-state index is 12.2. The second-order valence-corrected chi connectivity index (χ2v) is 7.27. The van der Waals surface area contributed by atoms with Crippen LogP contribution in [0.1, 0.15) is 30.9 Å². The fraction of sp³-hybridized carbons (Fsp3) is 0.263. The van der Waals surface area contributed by atoms with Gasteiger partial charge in [0, 0.05) is 5.69 Å². The number of aromatic nitrogens is 4. The summed E-state index contributed by atoms with van der Waals surface area (Å²) in [6, 6.07) is 15.8. The Morgan fingerprint density at radius 2 is 1.96 bits per heavy atom. The molecule has 134 valence electrons. The number of aryl methyl sites for hydroxylation is 1. The van der Waals surface area contributed by atoms with Crippen LogP contribution in [0.2, 0.25) is 0 Å². The number of amides is 1. The van der Waals surface area contributed by atoms with Gasteiger partial charge in [0.25, 0.3) is 0 Å². The molecule has 0 spiro atoms. The smallest absolute Gasteiger partial charge is 0.234 e. The molecule has 0 bridgehead atoms. The number of hydrogen-bond donors (Lipinski definition) is 1. The Kier molecular flexibility index (Phi) is 5.68. The molecule has 6 nitrogen and oxygen atoms in total. The average molecular weight is 367 g/mol. The number of carbonyl (C=O) groups excluding carboxylic acids is 1. The van der Waals surface area contributed by atoms with E-state index in [0.717, 1.165) is 16.9 Å². The molecule has 0 aliphatic carbocycles. The molecule has 1 aromatic heterocycles. The second kappa shape index (κ2) is 8.14. The van der Waals surface area contributed by atoms with Gasteiger partial charge in [-0.3, -0.25) is 4.79 Å². The van der Waals surface area contributed by atoms with E-state index >= 15 is 0 Å². The third-order valence-electron chi connectivity index (χ3n) is 3.88. The molecular formula is C19H21N5OS. The van der Waals surface area contributed by atoms with Crippen LogP contribution in [0.25, 0.3) is 5.69 Å². The molecule has 1 amide bonds. The molecule has 0 saturated carbocycles. The fourth-order valence-corrected chi connectivity index (χ4v) is 3.17. The van der Waals surface area contributed by atoms with Crippen LogP contribution in [0.4, 0.5) is 5.69 Å². The minimum Gasteiger partial charge on any atom is -0.325 e. The maximum atomic E-state index is 12.2. The van der Waals surface area contributed by atoms with Gasteiger partial charge in [0.1, 0.15) is 0 Å². The maximum Gasteiger partial charge on any atom is 0.234 e. The summed E-state index contributed by atoms with van der Waals surface area (Å²) in [6.07, 6.45) is 0. The zero-order chi connectivity index (χ0) is 18.5. The van der Waals surface area contributed by atoms with Crippen LogP contribution in [0, 0.1) is 6.92 Å². The number of tetrazole rings is 1. The molecule has 0 aliphatic rings. The summed E-state index contributed by atoms with van der Waals surface area (Å²) >= 11 is 1.31. The van der Waals surface area contributed by atoms with Gasteiger partial charge in [-0.05, 0) is 58.7 Å². The van der Waals surface area contributed by atoms with E-state index in [-0.39, 0.29) is 11.7 Å². The Morgan fingerprint density at radius 3 is 2.65 bits per heavy atom. The highest BCUT2D eigenvalue weighted by molar-refractivity contribution is 7.99. The Labute approximate surface area is 157 Å². The largest absolute Gasteiger partial charge is 0.325 e. The van der Waals surface area contributed by atoms with Gasteiger partial charge in [-0.25, -0.2) is 0 Å². The van der Waals surface area contributed by atoms with Crippen molar-refractivity contribution in [3.8, 4) is 5.69 Å². The van der Waals surface area contributed by atoms with E-state index < -0.39 is 0 Å². The zero-order valence-corrected chi connectivity index (χ0v) is 15.8. The molecular weight excluding hydrogens is 346 g/mol. The van der Waals surface area contributed by atoms with Gasteiger partial charge >= 0.3 is 0 Å². The Morgan fingerprint density at radius 1 is 1.19 bits per heavy atom. The Balaban J connectivity index is 1.64. The number of hydrogen-bond acceptors (Lipinski definition) is 5. The number of nitrogens with one attached hydrogen (secondary N) is 1. The predicted molar refractivity (Wildman–Crippen MR) is 104 cm³/mol. The van der Waals surface area contributed by atoms with Crippen LogP contribution in [-0.2, 0) is 4.79 Å². The van der Waals surface area contributed by atoms with Gasteiger partial charge < -0.3 is 5.32 Å². The van der Waals surface area contributed by atoms with Crippen molar-refractivity contribution >= 4 is 23.4 Å². The average Bonchev–Trinajstić information content (AvgIpc) is 3.08. The highest BCUT2D eigenvalue weighted by atomic mass is 32.2. The first kappa shape index (κ1) is 18.1. The molecule has 0 radical (unpaired) electrons. The summed E-state index contributed by atoms with van der Waals surface area (Å²) in [7, 11) is 0. The summed E-state index contributed by atoms with van der Waals surface area (Å²) in [5.74, 6) is 0.612. The summed E-state index contributed by atoms with van der Waals surface area (Å²) in [5.41, 5.74) is 4.03. The van der Waals surface area contributed by atoms with Crippen molar-refractivity contribution in [1.29, 1.82) is 0 Å². The van der Waals surface area contributed by atoms with Gasteiger partial charge in [-0.15, -0.1) is 5.10 Å². The minimum atomic E-state index is -0.0923. The number of carbonyl (C=O) groups is 1. The lowest BCUT2D eigenvalue weighted by atomic mass is 10.0. The lowest BCUT2D eigenvalue weighted by Gasteiger charge is -2.08. The van der Waals surface area contributed by atoms with E-state index in [0.29, 0.717) is 11.1 Å². The standard InChI is InChI=1S/C19H21N5OS/c1-13(2)15-7-9-17(10-8-15)24-19(21-22-23-24)26-12-18(25)20-16-6-4-5-14(3)11-16/h4-11,13H,12H2,1-3H3,(H,20,25). The molecule has 3 rings (SSSR count). The summed E-state index contributed by atoms with van der Waals surface area (Å²) in [5, 5.41) is 15.3. The van der Waals surface area contributed by atoms with E-state index in [1.54, 1.807) is 4.68 Å². The van der Waals surface area contributed by atoms with Gasteiger partial charge in [-0.2, -0.15) is 4.68 Å². The molecule has 1 N–H and O–H groups in total. The third-order valence-corrected chi connectivity index (χ3v) is 4.80. The fourth-order valence-electron chi connectivity index (χ4n) is 2.48. The van der Waals surface area contributed by atoms with E-state index in [2.05, 4.69) is 46.8 Å². The SMILES string of the molecule is Cc1cccc(NC(=O)CSc2nnnn2-c2ccc(C(C)C)cc2)c1. The van der Waals surface area contributed by atoms with Gasteiger partial charge in [0.05, 0.1) is 11.4 Å². The molecule has 0 atom stereocenters. The van der Waals surface area contributed by atoms with Crippen LogP contribution in [0.3, 0.4) is 0 Å². The molecule has 7 heteroatoms. The number of benzene rings is 2. The molecule has 0 fully saturated rings. The van der Waals surface area contributed by atoms with Crippen molar-refractivity contribution in [3.05, 3.63) is 59.7 Å². The number of anilines is 1. The van der Waals surface area contributed by atoms with Crippen LogP contribution in [-0.4, -0.2) is 31.9 Å². The number of thioether (sulfide) groups is 1. The number of nitrogens with zero attached hydrogens (tertiary/aromatic N) is 4.